The van der Waals surface area contributed by atoms with E-state index in [0.29, 0.717) is 27.5 Å². The Hall–Kier alpha value is -3.11. The van der Waals surface area contributed by atoms with Gasteiger partial charge in [-0.2, -0.15) is 0 Å². The number of aryl methyl sites for hydroxylation is 2. The third-order valence-electron chi connectivity index (χ3n) is 4.21. The lowest BCUT2D eigenvalue weighted by molar-refractivity contribution is 0.101. The van der Waals surface area contributed by atoms with E-state index < -0.39 is 0 Å². The Bertz CT molecular complexity index is 1000. The van der Waals surface area contributed by atoms with Gasteiger partial charge in [0.05, 0.1) is 0 Å². The fourth-order valence-electron chi connectivity index (χ4n) is 2.56. The van der Waals surface area contributed by atoms with Crippen molar-refractivity contribution in [3.05, 3.63) is 94.0 Å². The lowest BCUT2D eigenvalue weighted by Gasteiger charge is -2.12. The molecule has 2 amide bonds. The fourth-order valence-corrected chi connectivity index (χ4v) is 2.74. The van der Waals surface area contributed by atoms with Crippen LogP contribution in [-0.2, 0) is 0 Å². The predicted octanol–water partition coefficient (Wildman–Crippen LogP) is 5.46. The van der Waals surface area contributed by atoms with Gasteiger partial charge < -0.3 is 10.6 Å². The number of nitrogens with one attached hydrogen (secondary N) is 2. The van der Waals surface area contributed by atoms with Gasteiger partial charge in [0.25, 0.3) is 11.8 Å². The van der Waals surface area contributed by atoms with E-state index in [4.69, 9.17) is 11.6 Å². The standard InChI is InChI=1S/C22H19ClN2O2/c1-14-9-11-18(13-19(14)23)24-22(27)17-10-8-15(2)20(12-17)25-21(26)16-6-4-3-5-7-16/h3-13H,1-2H3,(H,24,27)(H,25,26). The van der Waals surface area contributed by atoms with Crippen molar-refractivity contribution in [2.75, 3.05) is 10.6 Å². The first-order valence-electron chi connectivity index (χ1n) is 8.48. The van der Waals surface area contributed by atoms with E-state index in [1.54, 1.807) is 54.6 Å². The van der Waals surface area contributed by atoms with E-state index in [2.05, 4.69) is 10.6 Å². The zero-order chi connectivity index (χ0) is 19.4. The van der Waals surface area contributed by atoms with Gasteiger partial charge in [-0.1, -0.05) is 41.9 Å². The quantitative estimate of drug-likeness (QED) is 0.633. The highest BCUT2D eigenvalue weighted by molar-refractivity contribution is 6.31. The molecule has 5 heteroatoms. The number of hydrogen-bond donors (Lipinski definition) is 2. The summed E-state index contributed by atoms with van der Waals surface area (Å²) in [6.07, 6.45) is 0. The van der Waals surface area contributed by atoms with E-state index in [-0.39, 0.29) is 11.8 Å². The molecule has 0 aliphatic heterocycles. The molecule has 0 spiro atoms. The van der Waals surface area contributed by atoms with Gasteiger partial charge in [0, 0.05) is 27.5 Å². The molecule has 0 heterocycles. The van der Waals surface area contributed by atoms with Crippen LogP contribution in [0.1, 0.15) is 31.8 Å². The monoisotopic (exact) mass is 378 g/mol. The van der Waals surface area contributed by atoms with E-state index in [0.717, 1.165) is 11.1 Å². The van der Waals surface area contributed by atoms with Gasteiger partial charge >= 0.3 is 0 Å². The Morgan fingerprint density at radius 2 is 1.41 bits per heavy atom. The number of benzene rings is 3. The van der Waals surface area contributed by atoms with Crippen molar-refractivity contribution >= 4 is 34.8 Å². The highest BCUT2D eigenvalue weighted by Gasteiger charge is 2.12. The summed E-state index contributed by atoms with van der Waals surface area (Å²) in [5.74, 6) is -0.494. The maximum atomic E-state index is 12.6. The van der Waals surface area contributed by atoms with Crippen LogP contribution in [0.2, 0.25) is 5.02 Å². The number of anilines is 2. The molecule has 3 aromatic carbocycles. The molecular weight excluding hydrogens is 360 g/mol. The molecule has 3 aromatic rings. The zero-order valence-electron chi connectivity index (χ0n) is 15.0. The summed E-state index contributed by atoms with van der Waals surface area (Å²) in [7, 11) is 0. The Kier molecular flexibility index (Phi) is 5.57. The Morgan fingerprint density at radius 1 is 0.741 bits per heavy atom. The lowest BCUT2D eigenvalue weighted by atomic mass is 10.1. The fraction of sp³-hybridized carbons (Fsp3) is 0.0909. The van der Waals surface area contributed by atoms with Gasteiger partial charge in [-0.15, -0.1) is 0 Å². The Labute approximate surface area is 163 Å². The minimum absolute atomic E-state index is 0.221. The van der Waals surface area contributed by atoms with Crippen molar-refractivity contribution in [1.82, 2.24) is 0 Å². The minimum atomic E-state index is -0.273. The minimum Gasteiger partial charge on any atom is -0.322 e. The summed E-state index contributed by atoms with van der Waals surface area (Å²) in [6, 6.07) is 19.5. The molecule has 0 radical (unpaired) electrons. The molecule has 0 unspecified atom stereocenters. The number of amides is 2. The van der Waals surface area contributed by atoms with Crippen LogP contribution in [0.3, 0.4) is 0 Å². The molecule has 2 N–H and O–H groups in total. The van der Waals surface area contributed by atoms with Crippen LogP contribution < -0.4 is 10.6 Å². The SMILES string of the molecule is Cc1ccc(NC(=O)c2ccc(C)c(NC(=O)c3ccccc3)c2)cc1Cl. The van der Waals surface area contributed by atoms with Gasteiger partial charge in [-0.25, -0.2) is 0 Å². The molecule has 0 atom stereocenters. The normalized spacial score (nSPS) is 10.3. The lowest BCUT2D eigenvalue weighted by Crippen LogP contribution is -2.15. The summed E-state index contributed by atoms with van der Waals surface area (Å²) in [5.41, 5.74) is 4.02. The molecule has 0 aromatic heterocycles. The maximum absolute atomic E-state index is 12.6. The predicted molar refractivity (Wildman–Crippen MR) is 110 cm³/mol. The topological polar surface area (TPSA) is 58.2 Å². The number of halogens is 1. The van der Waals surface area contributed by atoms with Crippen molar-refractivity contribution < 1.29 is 9.59 Å². The van der Waals surface area contributed by atoms with Crippen LogP contribution in [0.25, 0.3) is 0 Å². The molecule has 0 saturated carbocycles. The zero-order valence-corrected chi connectivity index (χ0v) is 15.8. The van der Waals surface area contributed by atoms with Gasteiger partial charge in [0.1, 0.15) is 0 Å². The molecule has 0 saturated heterocycles. The molecule has 3 rings (SSSR count). The highest BCUT2D eigenvalue weighted by atomic mass is 35.5. The second-order valence-electron chi connectivity index (χ2n) is 6.27. The van der Waals surface area contributed by atoms with Crippen LogP contribution in [0.15, 0.2) is 66.7 Å². The summed E-state index contributed by atoms with van der Waals surface area (Å²) >= 11 is 6.11. The van der Waals surface area contributed by atoms with Gasteiger partial charge in [0.2, 0.25) is 0 Å². The second kappa shape index (κ2) is 8.06. The van der Waals surface area contributed by atoms with E-state index in [1.807, 2.05) is 26.0 Å². The summed E-state index contributed by atoms with van der Waals surface area (Å²) in [4.78, 5) is 24.9. The van der Waals surface area contributed by atoms with Crippen molar-refractivity contribution in [2.24, 2.45) is 0 Å². The van der Waals surface area contributed by atoms with Crippen LogP contribution in [-0.4, -0.2) is 11.8 Å². The molecule has 0 aliphatic carbocycles. The van der Waals surface area contributed by atoms with Crippen molar-refractivity contribution in [1.29, 1.82) is 0 Å². The number of hydrogen-bond acceptors (Lipinski definition) is 2. The van der Waals surface area contributed by atoms with Crippen LogP contribution >= 0.6 is 11.6 Å². The number of rotatable bonds is 4. The molecule has 136 valence electrons. The first-order valence-corrected chi connectivity index (χ1v) is 8.86. The third-order valence-corrected chi connectivity index (χ3v) is 4.62. The molecule has 0 aliphatic rings. The molecular formula is C22H19ClN2O2. The largest absolute Gasteiger partial charge is 0.322 e. The molecule has 0 fully saturated rings. The average Bonchev–Trinajstić information content (AvgIpc) is 2.67. The first-order chi connectivity index (χ1) is 12.9. The van der Waals surface area contributed by atoms with Crippen molar-refractivity contribution in [3.63, 3.8) is 0 Å². The van der Waals surface area contributed by atoms with E-state index >= 15 is 0 Å². The maximum Gasteiger partial charge on any atom is 0.255 e. The number of carbonyl (C=O) groups excluding carboxylic acids is 2. The van der Waals surface area contributed by atoms with Crippen LogP contribution in [0.5, 0.6) is 0 Å². The Balaban J connectivity index is 1.78. The smallest absolute Gasteiger partial charge is 0.255 e. The van der Waals surface area contributed by atoms with E-state index in [1.165, 1.54) is 0 Å². The van der Waals surface area contributed by atoms with E-state index in [9.17, 15) is 9.59 Å². The van der Waals surface area contributed by atoms with Crippen LogP contribution in [0, 0.1) is 13.8 Å². The van der Waals surface area contributed by atoms with Gasteiger partial charge in [0.15, 0.2) is 0 Å². The molecule has 0 bridgehead atoms. The Morgan fingerprint density at radius 3 is 2.11 bits per heavy atom. The van der Waals surface area contributed by atoms with Crippen LogP contribution in [0.4, 0.5) is 11.4 Å². The van der Waals surface area contributed by atoms with Gasteiger partial charge in [-0.3, -0.25) is 9.59 Å². The first kappa shape index (κ1) is 18.7. The summed E-state index contributed by atoms with van der Waals surface area (Å²) < 4.78 is 0. The van der Waals surface area contributed by atoms with Gasteiger partial charge in [-0.05, 0) is 61.4 Å². The average molecular weight is 379 g/mol. The summed E-state index contributed by atoms with van der Waals surface area (Å²) in [6.45, 7) is 3.78. The third kappa shape index (κ3) is 4.54. The van der Waals surface area contributed by atoms with Crippen molar-refractivity contribution in [2.45, 2.75) is 13.8 Å². The van der Waals surface area contributed by atoms with Crippen molar-refractivity contribution in [3.8, 4) is 0 Å². The summed E-state index contributed by atoms with van der Waals surface area (Å²) in [5, 5.41) is 6.27. The second-order valence-corrected chi connectivity index (χ2v) is 6.68. The number of carbonyl (C=O) groups is 2. The molecule has 4 nitrogen and oxygen atoms in total. The highest BCUT2D eigenvalue weighted by Crippen LogP contribution is 2.22. The molecule has 27 heavy (non-hydrogen) atoms.